The minimum Gasteiger partial charge on any atom is -0.342 e. The number of rotatable bonds is 3. The zero-order valence-corrected chi connectivity index (χ0v) is 14.1. The van der Waals surface area contributed by atoms with Gasteiger partial charge in [0.2, 0.25) is 0 Å². The normalized spacial score (nSPS) is 11.6. The summed E-state index contributed by atoms with van der Waals surface area (Å²) in [7, 11) is 0. The number of aromatic amines is 1. The van der Waals surface area contributed by atoms with Crippen LogP contribution in [0.5, 0.6) is 0 Å². The van der Waals surface area contributed by atoms with Crippen LogP contribution in [0.3, 0.4) is 0 Å². The van der Waals surface area contributed by atoms with Gasteiger partial charge in [0.15, 0.2) is 11.6 Å². The molecule has 132 valence electrons. The molecule has 0 bridgehead atoms. The van der Waals surface area contributed by atoms with Crippen molar-refractivity contribution in [3.63, 3.8) is 0 Å². The number of nitrogens with zero attached hydrogens (tertiary/aromatic N) is 4. The van der Waals surface area contributed by atoms with Crippen molar-refractivity contribution in [1.82, 2.24) is 24.9 Å². The van der Waals surface area contributed by atoms with E-state index in [4.69, 9.17) is 0 Å². The number of H-pyrrole nitrogens is 1. The van der Waals surface area contributed by atoms with Gasteiger partial charge in [-0.3, -0.25) is 4.98 Å². The molecule has 0 aliphatic rings. The van der Waals surface area contributed by atoms with Crippen molar-refractivity contribution in [2.45, 2.75) is 12.8 Å². The van der Waals surface area contributed by atoms with Gasteiger partial charge in [0.25, 0.3) is 0 Å². The highest BCUT2D eigenvalue weighted by atomic mass is 19.1. The van der Waals surface area contributed by atoms with Gasteiger partial charge >= 0.3 is 0 Å². The quantitative estimate of drug-likeness (QED) is 0.525. The molecule has 7 heteroatoms. The Hall–Kier alpha value is -3.48. The monoisotopic (exact) mass is 361 g/mol. The number of hydrogen-bond donors (Lipinski definition) is 1. The molecule has 0 fully saturated rings. The van der Waals surface area contributed by atoms with Crippen molar-refractivity contribution in [1.29, 1.82) is 0 Å². The van der Waals surface area contributed by atoms with E-state index in [-0.39, 0.29) is 11.0 Å². The Bertz CT molecular complexity index is 1310. The lowest BCUT2D eigenvalue weighted by Gasteiger charge is -2.03. The summed E-state index contributed by atoms with van der Waals surface area (Å²) >= 11 is 0. The summed E-state index contributed by atoms with van der Waals surface area (Å²) in [5, 5.41) is 0.987. The predicted octanol–water partition coefficient (Wildman–Crippen LogP) is 4.12. The van der Waals surface area contributed by atoms with Crippen LogP contribution in [0.4, 0.5) is 8.78 Å². The SMILES string of the molecule is Fc1ccc(F)c2nc(CCc3nc4c(ccc5ncccc54)[nH]3)cnc12. The first kappa shape index (κ1) is 15.7. The molecule has 2 aromatic carbocycles. The van der Waals surface area contributed by atoms with E-state index in [1.807, 2.05) is 24.3 Å². The summed E-state index contributed by atoms with van der Waals surface area (Å²) in [6, 6.07) is 9.89. The largest absolute Gasteiger partial charge is 0.342 e. The zero-order valence-electron chi connectivity index (χ0n) is 14.1. The van der Waals surface area contributed by atoms with Gasteiger partial charge in [-0.15, -0.1) is 0 Å². The molecule has 3 heterocycles. The van der Waals surface area contributed by atoms with Crippen LogP contribution >= 0.6 is 0 Å². The van der Waals surface area contributed by atoms with Crippen molar-refractivity contribution in [2.24, 2.45) is 0 Å². The Labute approximate surface area is 152 Å². The molecule has 27 heavy (non-hydrogen) atoms. The molecule has 0 radical (unpaired) electrons. The molecule has 0 aliphatic carbocycles. The lowest BCUT2D eigenvalue weighted by atomic mass is 10.2. The van der Waals surface area contributed by atoms with Gasteiger partial charge in [0, 0.05) is 24.2 Å². The first-order valence-corrected chi connectivity index (χ1v) is 8.51. The van der Waals surface area contributed by atoms with Crippen LogP contribution in [0.15, 0.2) is 48.8 Å². The number of benzene rings is 2. The van der Waals surface area contributed by atoms with Crippen LogP contribution in [-0.2, 0) is 12.8 Å². The van der Waals surface area contributed by atoms with Gasteiger partial charge in [-0.05, 0) is 42.8 Å². The molecule has 0 saturated carbocycles. The molecular formula is C20H13F2N5. The van der Waals surface area contributed by atoms with Gasteiger partial charge in [-0.1, -0.05) is 0 Å². The number of aromatic nitrogens is 5. The van der Waals surface area contributed by atoms with E-state index >= 15 is 0 Å². The standard InChI is InChI=1S/C20H13F2N5/c21-13-4-5-14(22)20-19(13)24-10-11(25-20)3-8-17-26-16-7-6-15-12(18(16)27-17)2-1-9-23-15/h1-2,4-7,9-10H,3,8H2,(H,26,27). The second-order valence-electron chi connectivity index (χ2n) is 6.30. The third-order valence-corrected chi connectivity index (χ3v) is 4.55. The van der Waals surface area contributed by atoms with E-state index in [0.717, 1.165) is 39.9 Å². The van der Waals surface area contributed by atoms with Crippen LogP contribution in [0.1, 0.15) is 11.5 Å². The van der Waals surface area contributed by atoms with Gasteiger partial charge in [0.1, 0.15) is 16.9 Å². The first-order chi connectivity index (χ1) is 13.2. The fourth-order valence-corrected chi connectivity index (χ4v) is 3.23. The molecule has 5 aromatic rings. The van der Waals surface area contributed by atoms with Gasteiger partial charge < -0.3 is 4.98 Å². The summed E-state index contributed by atoms with van der Waals surface area (Å²) in [6.07, 6.45) is 4.32. The molecular weight excluding hydrogens is 348 g/mol. The lowest BCUT2D eigenvalue weighted by molar-refractivity contribution is 0.612. The number of halogens is 2. The van der Waals surface area contributed by atoms with E-state index in [9.17, 15) is 8.78 Å². The third kappa shape index (κ3) is 2.68. The number of fused-ring (bicyclic) bond motifs is 4. The highest BCUT2D eigenvalue weighted by Gasteiger charge is 2.11. The molecule has 0 amide bonds. The highest BCUT2D eigenvalue weighted by molar-refractivity contribution is 6.02. The van der Waals surface area contributed by atoms with E-state index < -0.39 is 11.6 Å². The topological polar surface area (TPSA) is 67.3 Å². The fraction of sp³-hybridized carbons (Fsp3) is 0.100. The molecule has 5 nitrogen and oxygen atoms in total. The number of hydrogen-bond acceptors (Lipinski definition) is 4. The second-order valence-corrected chi connectivity index (χ2v) is 6.30. The first-order valence-electron chi connectivity index (χ1n) is 8.51. The minimum atomic E-state index is -0.580. The predicted molar refractivity (Wildman–Crippen MR) is 98.3 cm³/mol. The van der Waals surface area contributed by atoms with E-state index in [1.165, 1.54) is 6.20 Å². The van der Waals surface area contributed by atoms with E-state index in [0.29, 0.717) is 18.5 Å². The van der Waals surface area contributed by atoms with Crippen LogP contribution in [0, 0.1) is 11.6 Å². The lowest BCUT2D eigenvalue weighted by Crippen LogP contribution is -2.00. The summed E-state index contributed by atoms with van der Waals surface area (Å²) in [4.78, 5) is 20.6. The summed E-state index contributed by atoms with van der Waals surface area (Å²) in [5.74, 6) is -0.366. The highest BCUT2D eigenvalue weighted by Crippen LogP contribution is 2.22. The molecule has 0 unspecified atom stereocenters. The smallest absolute Gasteiger partial charge is 0.151 e. The molecule has 5 rings (SSSR count). The van der Waals surface area contributed by atoms with Crippen LogP contribution in [0.25, 0.3) is 33.0 Å². The Morgan fingerprint density at radius 3 is 2.56 bits per heavy atom. The van der Waals surface area contributed by atoms with Crippen molar-refractivity contribution in [2.75, 3.05) is 0 Å². The molecule has 0 spiro atoms. The van der Waals surface area contributed by atoms with Crippen LogP contribution in [-0.4, -0.2) is 24.9 Å². The maximum absolute atomic E-state index is 13.9. The summed E-state index contributed by atoms with van der Waals surface area (Å²) < 4.78 is 27.6. The maximum Gasteiger partial charge on any atom is 0.151 e. The second kappa shape index (κ2) is 6.05. The van der Waals surface area contributed by atoms with Crippen LogP contribution < -0.4 is 0 Å². The van der Waals surface area contributed by atoms with Crippen molar-refractivity contribution < 1.29 is 8.78 Å². The van der Waals surface area contributed by atoms with E-state index in [2.05, 4.69) is 24.9 Å². The van der Waals surface area contributed by atoms with Gasteiger partial charge in [-0.25, -0.2) is 23.7 Å². The number of imidazole rings is 1. The van der Waals surface area contributed by atoms with E-state index in [1.54, 1.807) is 6.20 Å². The number of pyridine rings is 1. The summed E-state index contributed by atoms with van der Waals surface area (Å²) in [6.45, 7) is 0. The average Bonchev–Trinajstić information content (AvgIpc) is 3.13. The molecule has 0 atom stereocenters. The molecule has 1 N–H and O–H groups in total. The van der Waals surface area contributed by atoms with Crippen molar-refractivity contribution >= 4 is 33.0 Å². The molecule has 0 aliphatic heterocycles. The Morgan fingerprint density at radius 1 is 0.815 bits per heavy atom. The van der Waals surface area contributed by atoms with Crippen LogP contribution in [0.2, 0.25) is 0 Å². The molecule has 3 aromatic heterocycles. The fourth-order valence-electron chi connectivity index (χ4n) is 3.23. The Kier molecular flexibility index (Phi) is 3.53. The van der Waals surface area contributed by atoms with Gasteiger partial charge in [0.05, 0.1) is 22.2 Å². The van der Waals surface area contributed by atoms with Crippen molar-refractivity contribution in [3.8, 4) is 0 Å². The van der Waals surface area contributed by atoms with Gasteiger partial charge in [-0.2, -0.15) is 0 Å². The Morgan fingerprint density at radius 2 is 1.67 bits per heavy atom. The molecule has 0 saturated heterocycles. The van der Waals surface area contributed by atoms with Crippen molar-refractivity contribution in [3.05, 3.63) is 71.9 Å². The number of nitrogens with one attached hydrogen (secondary N) is 1. The zero-order chi connectivity index (χ0) is 18.4. The Balaban J connectivity index is 1.47. The minimum absolute atomic E-state index is 0.0471. The summed E-state index contributed by atoms with van der Waals surface area (Å²) in [5.41, 5.74) is 3.17. The maximum atomic E-state index is 13.9. The number of aryl methyl sites for hydroxylation is 2. The third-order valence-electron chi connectivity index (χ3n) is 4.55. The average molecular weight is 361 g/mol.